The van der Waals surface area contributed by atoms with Crippen molar-refractivity contribution in [1.82, 2.24) is 14.5 Å². The molecule has 0 bridgehead atoms. The van der Waals surface area contributed by atoms with Crippen LogP contribution >= 0.6 is 23.2 Å². The van der Waals surface area contributed by atoms with Gasteiger partial charge in [-0.2, -0.15) is 0 Å². The van der Waals surface area contributed by atoms with Crippen molar-refractivity contribution in [1.29, 1.82) is 0 Å². The number of hydrogen-bond donors (Lipinski definition) is 1. The Kier molecular flexibility index (Phi) is 9.38. The average Bonchev–Trinajstić information content (AvgIpc) is 3.03. The first-order valence-corrected chi connectivity index (χ1v) is 13.9. The van der Waals surface area contributed by atoms with Crippen molar-refractivity contribution < 1.29 is 22.8 Å². The molecule has 1 atom stereocenters. The molecule has 11 heteroatoms. The van der Waals surface area contributed by atoms with E-state index in [1.807, 2.05) is 6.92 Å². The van der Waals surface area contributed by atoms with Gasteiger partial charge in [-0.15, -0.1) is 0 Å². The average molecular weight is 554 g/mol. The third-order valence-electron chi connectivity index (χ3n) is 6.02. The molecule has 0 aliphatic carbocycles. The molecule has 0 unspecified atom stereocenters. The smallest absolute Gasteiger partial charge is 0.269 e. The number of nitrogens with one attached hydrogen (secondary N) is 1. The van der Waals surface area contributed by atoms with Gasteiger partial charge in [0.15, 0.2) is 0 Å². The lowest BCUT2D eigenvalue weighted by Gasteiger charge is -2.29. The van der Waals surface area contributed by atoms with E-state index in [-0.39, 0.29) is 48.2 Å². The number of hydrogen-bond acceptors (Lipinski definition) is 5. The van der Waals surface area contributed by atoms with Gasteiger partial charge in [-0.3, -0.25) is 14.4 Å². The number of rotatable bonds is 11. The fourth-order valence-corrected chi connectivity index (χ4v) is 6.00. The summed E-state index contributed by atoms with van der Waals surface area (Å²) in [5.41, 5.74) is 0.746. The molecule has 36 heavy (non-hydrogen) atoms. The summed E-state index contributed by atoms with van der Waals surface area (Å²) < 4.78 is 26.3. The topological polar surface area (TPSA) is 104 Å². The Morgan fingerprint density at radius 2 is 1.83 bits per heavy atom. The Bertz CT molecular complexity index is 1250. The van der Waals surface area contributed by atoms with Gasteiger partial charge in [-0.05, 0) is 49.6 Å². The van der Waals surface area contributed by atoms with E-state index in [2.05, 4.69) is 5.32 Å². The van der Waals surface area contributed by atoms with E-state index in [0.717, 1.165) is 17.1 Å². The highest BCUT2D eigenvalue weighted by molar-refractivity contribution is 7.90. The standard InChI is InChI=1S/C25H29Cl2N3O5S/c1-3-4-13-28-24(32)17(2)29(16-18-11-12-19(26)15-21(18)27)23(31)10-7-14-30-25(33)20-8-5-6-9-22(20)36(30,34)35/h5-6,8-9,11-12,15,17H,3-4,7,10,13-14,16H2,1-2H3,(H,28,32)/t17-/m1/s1. The number of carbonyl (C=O) groups is 3. The highest BCUT2D eigenvalue weighted by atomic mass is 35.5. The number of nitrogens with zero attached hydrogens (tertiary/aromatic N) is 2. The molecule has 3 rings (SSSR count). The summed E-state index contributed by atoms with van der Waals surface area (Å²) in [4.78, 5) is 40.0. The molecule has 2 aromatic carbocycles. The molecule has 0 saturated heterocycles. The molecule has 0 aromatic heterocycles. The van der Waals surface area contributed by atoms with Crippen molar-refractivity contribution in [3.05, 3.63) is 63.6 Å². The van der Waals surface area contributed by atoms with Crippen LogP contribution < -0.4 is 5.32 Å². The number of carbonyl (C=O) groups excluding carboxylic acids is 3. The molecule has 3 amide bonds. The predicted octanol–water partition coefficient (Wildman–Crippen LogP) is 4.25. The van der Waals surface area contributed by atoms with Gasteiger partial charge in [-0.25, -0.2) is 12.7 Å². The summed E-state index contributed by atoms with van der Waals surface area (Å²) in [5.74, 6) is -1.26. The van der Waals surface area contributed by atoms with Gasteiger partial charge < -0.3 is 10.2 Å². The van der Waals surface area contributed by atoms with Crippen LogP contribution in [0.1, 0.15) is 55.5 Å². The molecule has 1 heterocycles. The maximum Gasteiger partial charge on any atom is 0.269 e. The van der Waals surface area contributed by atoms with Crippen LogP contribution in [0.2, 0.25) is 10.0 Å². The van der Waals surface area contributed by atoms with E-state index in [1.165, 1.54) is 17.0 Å². The zero-order chi connectivity index (χ0) is 26.5. The number of amides is 3. The first-order valence-electron chi connectivity index (χ1n) is 11.7. The monoisotopic (exact) mass is 553 g/mol. The maximum atomic E-state index is 13.3. The second-order valence-corrected chi connectivity index (χ2v) is 11.2. The van der Waals surface area contributed by atoms with E-state index < -0.39 is 22.0 Å². The van der Waals surface area contributed by atoms with E-state index in [1.54, 1.807) is 37.3 Å². The van der Waals surface area contributed by atoms with Gasteiger partial charge >= 0.3 is 0 Å². The van der Waals surface area contributed by atoms with Crippen molar-refractivity contribution in [3.8, 4) is 0 Å². The summed E-state index contributed by atoms with van der Waals surface area (Å²) in [6.07, 6.45) is 1.77. The van der Waals surface area contributed by atoms with Crippen LogP contribution in [-0.2, 0) is 26.2 Å². The number of sulfonamides is 1. The van der Waals surface area contributed by atoms with E-state index in [0.29, 0.717) is 22.2 Å². The highest BCUT2D eigenvalue weighted by Gasteiger charge is 2.40. The lowest BCUT2D eigenvalue weighted by Crippen LogP contribution is -2.48. The molecule has 8 nitrogen and oxygen atoms in total. The molecule has 0 spiro atoms. The maximum absolute atomic E-state index is 13.3. The van der Waals surface area contributed by atoms with Gasteiger partial charge in [0.05, 0.1) is 5.56 Å². The lowest BCUT2D eigenvalue weighted by atomic mass is 10.1. The number of unbranched alkanes of at least 4 members (excludes halogenated alkanes) is 1. The number of fused-ring (bicyclic) bond motifs is 1. The van der Waals surface area contributed by atoms with Gasteiger partial charge in [0.25, 0.3) is 15.9 Å². The Labute approximate surface area is 221 Å². The quantitative estimate of drug-likeness (QED) is 0.419. The fraction of sp³-hybridized carbons (Fsp3) is 0.400. The minimum Gasteiger partial charge on any atom is -0.354 e. The van der Waals surface area contributed by atoms with E-state index in [9.17, 15) is 22.8 Å². The third kappa shape index (κ3) is 6.19. The minimum atomic E-state index is -3.95. The number of benzene rings is 2. The van der Waals surface area contributed by atoms with Gasteiger partial charge in [0.1, 0.15) is 10.9 Å². The van der Waals surface area contributed by atoms with Crippen LogP contribution in [0.4, 0.5) is 0 Å². The van der Waals surface area contributed by atoms with Crippen molar-refractivity contribution in [2.45, 2.75) is 57.0 Å². The van der Waals surface area contributed by atoms with Crippen LogP contribution in [-0.4, -0.2) is 54.5 Å². The van der Waals surface area contributed by atoms with Crippen LogP contribution in [0.5, 0.6) is 0 Å². The highest BCUT2D eigenvalue weighted by Crippen LogP contribution is 2.30. The predicted molar refractivity (Wildman–Crippen MR) is 138 cm³/mol. The molecule has 2 aromatic rings. The zero-order valence-electron chi connectivity index (χ0n) is 20.2. The van der Waals surface area contributed by atoms with Crippen LogP contribution in [0.3, 0.4) is 0 Å². The van der Waals surface area contributed by atoms with Crippen LogP contribution in [0.15, 0.2) is 47.4 Å². The largest absolute Gasteiger partial charge is 0.354 e. The van der Waals surface area contributed by atoms with Gasteiger partial charge in [-0.1, -0.05) is 54.7 Å². The molecular weight excluding hydrogens is 525 g/mol. The Balaban J connectivity index is 1.72. The van der Waals surface area contributed by atoms with Crippen molar-refractivity contribution in [3.63, 3.8) is 0 Å². The summed E-state index contributed by atoms with van der Waals surface area (Å²) in [6, 6.07) is 10.1. The molecule has 1 aliphatic rings. The Hall–Kier alpha value is -2.62. The molecule has 0 saturated carbocycles. The molecule has 194 valence electrons. The molecular formula is C25H29Cl2N3O5S. The summed E-state index contributed by atoms with van der Waals surface area (Å²) in [5, 5.41) is 3.65. The van der Waals surface area contributed by atoms with E-state index in [4.69, 9.17) is 23.2 Å². The normalized spacial score (nSPS) is 14.9. The summed E-state index contributed by atoms with van der Waals surface area (Å²) >= 11 is 12.3. The summed E-state index contributed by atoms with van der Waals surface area (Å²) in [7, 11) is -3.95. The fourth-order valence-electron chi connectivity index (χ4n) is 3.92. The van der Waals surface area contributed by atoms with Gasteiger partial charge in [0.2, 0.25) is 11.8 Å². The van der Waals surface area contributed by atoms with Crippen LogP contribution in [0, 0.1) is 0 Å². The molecule has 1 aliphatic heterocycles. The SMILES string of the molecule is CCCCNC(=O)[C@@H](C)N(Cc1ccc(Cl)cc1Cl)C(=O)CCCN1C(=O)c2ccccc2S1(=O)=O. The zero-order valence-corrected chi connectivity index (χ0v) is 22.5. The first kappa shape index (κ1) is 28.0. The van der Waals surface area contributed by atoms with Crippen molar-refractivity contribution >= 4 is 50.9 Å². The Morgan fingerprint density at radius 3 is 2.50 bits per heavy atom. The van der Waals surface area contributed by atoms with E-state index >= 15 is 0 Å². The summed E-state index contributed by atoms with van der Waals surface area (Å²) in [6.45, 7) is 4.07. The Morgan fingerprint density at radius 1 is 1.11 bits per heavy atom. The molecule has 0 radical (unpaired) electrons. The third-order valence-corrected chi connectivity index (χ3v) is 8.44. The number of halogens is 2. The van der Waals surface area contributed by atoms with Gasteiger partial charge in [0, 0.05) is 36.1 Å². The van der Waals surface area contributed by atoms with Crippen LogP contribution in [0.25, 0.3) is 0 Å². The van der Waals surface area contributed by atoms with Crippen molar-refractivity contribution in [2.75, 3.05) is 13.1 Å². The van der Waals surface area contributed by atoms with Crippen molar-refractivity contribution in [2.24, 2.45) is 0 Å². The second-order valence-electron chi connectivity index (χ2n) is 8.56. The molecule has 1 N–H and O–H groups in total. The minimum absolute atomic E-state index is 0.0299. The first-order chi connectivity index (χ1) is 17.1. The second kappa shape index (κ2) is 12.1. The molecule has 0 fully saturated rings. The lowest BCUT2D eigenvalue weighted by molar-refractivity contribution is -0.140.